The molecule has 0 aliphatic rings. The number of hydrogen-bond donors (Lipinski definition) is 2. The second-order valence-corrected chi connectivity index (χ2v) is 6.31. The second kappa shape index (κ2) is 8.34. The normalized spacial score (nSPS) is 12.0. The predicted octanol–water partition coefficient (Wildman–Crippen LogP) is 5.16. The number of amides is 1. The van der Waals surface area contributed by atoms with Crippen LogP contribution in [0.4, 0.5) is 18.9 Å². The molecular weight excluding hydrogens is 510 g/mol. The minimum atomic E-state index is -4.84. The van der Waals surface area contributed by atoms with Gasteiger partial charge in [0.15, 0.2) is 0 Å². The Morgan fingerprint density at radius 2 is 1.67 bits per heavy atom. The van der Waals surface area contributed by atoms with Gasteiger partial charge in [0.1, 0.15) is 5.75 Å². The standard InChI is InChI=1S/C21H14F3N3O2.HI/c22-21(23,24)29-14-6-1-4-12(10-14)20(28)26-13-5-2-7-15-16-8-3-9-17(25)19(16)27-18(15)11-13;/h1-11,27H,25H2;1H. The molecular formula is C21H15F3IN3O2. The van der Waals surface area contributed by atoms with E-state index in [1.165, 1.54) is 12.1 Å². The van der Waals surface area contributed by atoms with Crippen LogP contribution in [0, 0.1) is 0 Å². The van der Waals surface area contributed by atoms with Crippen LogP contribution in [-0.4, -0.2) is 17.3 Å². The highest BCUT2D eigenvalue weighted by Crippen LogP contribution is 2.27. The Balaban J connectivity index is 0.00000256. The maximum Gasteiger partial charge on any atom is 0.573 e. The number of halogens is 4. The van der Waals surface area contributed by atoms with E-state index in [9.17, 15) is 18.0 Å². The van der Waals surface area contributed by atoms with Crippen molar-refractivity contribution in [2.24, 2.45) is 4.99 Å². The number of nitrogens with zero attached hydrogens (tertiary/aromatic N) is 1. The van der Waals surface area contributed by atoms with Crippen molar-refractivity contribution in [1.29, 1.82) is 0 Å². The first kappa shape index (κ1) is 21.6. The van der Waals surface area contributed by atoms with E-state index in [1.54, 1.807) is 24.3 Å². The Labute approximate surface area is 185 Å². The van der Waals surface area contributed by atoms with Crippen molar-refractivity contribution >= 4 is 57.4 Å². The fraction of sp³-hybridized carbons (Fsp3) is 0.0476. The SMILES string of the molecule is I.Nc1cccc2c1[nH]c1cc(=NC(=O)c3cccc(OC(F)(F)F)c3)cccc12. The van der Waals surface area contributed by atoms with Gasteiger partial charge in [0.25, 0.3) is 5.91 Å². The van der Waals surface area contributed by atoms with Crippen molar-refractivity contribution < 1.29 is 22.7 Å². The molecule has 0 atom stereocenters. The molecule has 30 heavy (non-hydrogen) atoms. The number of anilines is 1. The van der Waals surface area contributed by atoms with Crippen LogP contribution >= 0.6 is 24.0 Å². The van der Waals surface area contributed by atoms with Crippen LogP contribution < -0.4 is 15.8 Å². The van der Waals surface area contributed by atoms with E-state index in [1.807, 2.05) is 18.2 Å². The predicted molar refractivity (Wildman–Crippen MR) is 119 cm³/mol. The van der Waals surface area contributed by atoms with Gasteiger partial charge < -0.3 is 15.5 Å². The summed E-state index contributed by atoms with van der Waals surface area (Å²) in [6, 6.07) is 17.3. The first-order valence-electron chi connectivity index (χ1n) is 8.55. The molecule has 3 aromatic carbocycles. The number of nitrogens with two attached hydrogens (primary N) is 1. The highest BCUT2D eigenvalue weighted by molar-refractivity contribution is 14.0. The fourth-order valence-electron chi connectivity index (χ4n) is 3.09. The number of rotatable bonds is 2. The third-order valence-electron chi connectivity index (χ3n) is 4.30. The largest absolute Gasteiger partial charge is 0.573 e. The molecule has 9 heteroatoms. The maximum absolute atomic E-state index is 12.5. The molecule has 0 radical (unpaired) electrons. The number of aromatic nitrogens is 1. The summed E-state index contributed by atoms with van der Waals surface area (Å²) in [5.74, 6) is -1.17. The maximum atomic E-state index is 12.5. The zero-order chi connectivity index (χ0) is 20.6. The summed E-state index contributed by atoms with van der Waals surface area (Å²) in [5.41, 5.74) is 8.09. The number of para-hydroxylation sites is 1. The van der Waals surface area contributed by atoms with Crippen molar-refractivity contribution in [3.8, 4) is 5.75 Å². The summed E-state index contributed by atoms with van der Waals surface area (Å²) in [6.07, 6.45) is -4.84. The van der Waals surface area contributed by atoms with E-state index < -0.39 is 18.0 Å². The number of benzene rings is 2. The smallest absolute Gasteiger partial charge is 0.406 e. The average Bonchev–Trinajstić information content (AvgIpc) is 2.87. The summed E-state index contributed by atoms with van der Waals surface area (Å²) in [6.45, 7) is 0. The summed E-state index contributed by atoms with van der Waals surface area (Å²) in [4.78, 5) is 19.7. The number of nitrogen functional groups attached to an aromatic ring is 1. The summed E-state index contributed by atoms with van der Waals surface area (Å²) in [7, 11) is 0. The fourth-order valence-corrected chi connectivity index (χ4v) is 3.09. The lowest BCUT2D eigenvalue weighted by Gasteiger charge is -2.08. The molecule has 0 saturated carbocycles. The highest BCUT2D eigenvalue weighted by Gasteiger charge is 2.31. The summed E-state index contributed by atoms with van der Waals surface area (Å²) < 4.78 is 41.0. The van der Waals surface area contributed by atoms with E-state index in [-0.39, 0.29) is 29.5 Å². The van der Waals surface area contributed by atoms with Crippen LogP contribution in [0.2, 0.25) is 0 Å². The molecule has 0 aliphatic heterocycles. The quantitative estimate of drug-likeness (QED) is 0.280. The topological polar surface area (TPSA) is 80.5 Å². The van der Waals surface area contributed by atoms with Gasteiger partial charge in [-0.05, 0) is 36.4 Å². The Kier molecular flexibility index (Phi) is 6.01. The third kappa shape index (κ3) is 4.56. The average molecular weight is 525 g/mol. The van der Waals surface area contributed by atoms with E-state index in [2.05, 4.69) is 14.7 Å². The molecule has 4 aromatic rings. The van der Waals surface area contributed by atoms with Gasteiger partial charge in [-0.2, -0.15) is 0 Å². The number of ether oxygens (including phenoxy) is 1. The minimum Gasteiger partial charge on any atom is -0.406 e. The van der Waals surface area contributed by atoms with Crippen molar-refractivity contribution in [2.75, 3.05) is 5.73 Å². The number of alkyl halides is 3. The molecule has 1 aromatic heterocycles. The molecule has 0 aliphatic carbocycles. The number of hydrogen-bond acceptors (Lipinski definition) is 3. The van der Waals surface area contributed by atoms with E-state index in [0.717, 1.165) is 33.9 Å². The number of carbonyl (C=O) groups is 1. The number of H-pyrrole nitrogens is 1. The molecule has 0 unspecified atom stereocenters. The molecule has 0 saturated heterocycles. The molecule has 3 N–H and O–H groups in total. The Hall–Kier alpha value is -3.08. The van der Waals surface area contributed by atoms with Gasteiger partial charge in [0.2, 0.25) is 0 Å². The van der Waals surface area contributed by atoms with Gasteiger partial charge in [-0.15, -0.1) is 37.1 Å². The number of fused-ring (bicyclic) bond motifs is 3. The lowest BCUT2D eigenvalue weighted by atomic mass is 10.2. The van der Waals surface area contributed by atoms with E-state index in [0.29, 0.717) is 11.0 Å². The summed E-state index contributed by atoms with van der Waals surface area (Å²) >= 11 is 0. The van der Waals surface area contributed by atoms with Crippen LogP contribution in [0.5, 0.6) is 5.75 Å². The zero-order valence-electron chi connectivity index (χ0n) is 15.2. The zero-order valence-corrected chi connectivity index (χ0v) is 17.6. The van der Waals surface area contributed by atoms with E-state index >= 15 is 0 Å². The Morgan fingerprint density at radius 3 is 2.43 bits per heavy atom. The molecule has 5 nitrogen and oxygen atoms in total. The molecule has 1 heterocycles. The van der Waals surface area contributed by atoms with Crippen LogP contribution in [0.1, 0.15) is 10.4 Å². The van der Waals surface area contributed by atoms with Gasteiger partial charge in [-0.3, -0.25) is 4.79 Å². The number of nitrogens with one attached hydrogen (secondary N) is 1. The summed E-state index contributed by atoms with van der Waals surface area (Å²) in [5, 5.41) is 2.18. The van der Waals surface area contributed by atoms with Crippen molar-refractivity contribution in [2.45, 2.75) is 6.36 Å². The minimum absolute atomic E-state index is 0. The van der Waals surface area contributed by atoms with Gasteiger partial charge >= 0.3 is 6.36 Å². The first-order valence-corrected chi connectivity index (χ1v) is 8.55. The van der Waals surface area contributed by atoms with Gasteiger partial charge in [-0.25, -0.2) is 4.99 Å². The van der Waals surface area contributed by atoms with Crippen molar-refractivity contribution in [1.82, 2.24) is 4.98 Å². The monoisotopic (exact) mass is 525 g/mol. The molecule has 0 bridgehead atoms. The molecule has 0 fully saturated rings. The van der Waals surface area contributed by atoms with Crippen molar-refractivity contribution in [3.63, 3.8) is 0 Å². The lowest BCUT2D eigenvalue weighted by Crippen LogP contribution is -2.17. The van der Waals surface area contributed by atoms with Crippen LogP contribution in [0.15, 0.2) is 71.7 Å². The molecule has 0 spiro atoms. The second-order valence-electron chi connectivity index (χ2n) is 6.31. The van der Waals surface area contributed by atoms with Crippen LogP contribution in [-0.2, 0) is 0 Å². The third-order valence-corrected chi connectivity index (χ3v) is 4.30. The molecule has 4 rings (SSSR count). The Bertz CT molecular complexity index is 1320. The number of carbonyl (C=O) groups excluding carboxylic acids is 1. The molecule has 154 valence electrons. The highest BCUT2D eigenvalue weighted by atomic mass is 127. The molecule has 1 amide bonds. The van der Waals surface area contributed by atoms with Crippen LogP contribution in [0.25, 0.3) is 21.8 Å². The Morgan fingerprint density at radius 1 is 0.967 bits per heavy atom. The first-order chi connectivity index (χ1) is 13.8. The van der Waals surface area contributed by atoms with Crippen molar-refractivity contribution in [3.05, 3.63) is 77.7 Å². The van der Waals surface area contributed by atoms with E-state index in [4.69, 9.17) is 5.73 Å². The van der Waals surface area contributed by atoms with Gasteiger partial charge in [0, 0.05) is 21.9 Å². The lowest BCUT2D eigenvalue weighted by molar-refractivity contribution is -0.274. The number of aromatic amines is 1. The van der Waals surface area contributed by atoms with Gasteiger partial charge in [0.05, 0.1) is 16.6 Å². The van der Waals surface area contributed by atoms with Gasteiger partial charge in [-0.1, -0.05) is 30.3 Å². The van der Waals surface area contributed by atoms with Crippen LogP contribution in [0.3, 0.4) is 0 Å².